The molecule has 7 aromatic carbocycles. The number of benzene rings is 7. The van der Waals surface area contributed by atoms with E-state index >= 15 is 0 Å². The lowest BCUT2D eigenvalue weighted by Gasteiger charge is -2.43. The van der Waals surface area contributed by atoms with Crippen molar-refractivity contribution in [1.29, 1.82) is 0 Å². The first-order chi connectivity index (χ1) is 27.8. The van der Waals surface area contributed by atoms with Gasteiger partial charge in [-0.1, -0.05) is 182 Å². The molecule has 3 heteroatoms. The lowest BCUT2D eigenvalue weighted by molar-refractivity contribution is 0.374. The maximum Gasteiger partial charge on any atom is 0.160 e. The third-order valence-electron chi connectivity index (χ3n) is 11.9. The van der Waals surface area contributed by atoms with E-state index in [1.165, 1.54) is 22.3 Å². The molecule has 0 N–H and O–H groups in total. The van der Waals surface area contributed by atoms with Crippen molar-refractivity contribution in [2.45, 2.75) is 11.3 Å². The van der Waals surface area contributed by atoms with Crippen molar-refractivity contribution < 1.29 is 4.74 Å². The molecule has 0 fully saturated rings. The van der Waals surface area contributed by atoms with Crippen LogP contribution in [0.3, 0.4) is 0 Å². The first-order valence-corrected chi connectivity index (χ1v) is 19.3. The van der Waals surface area contributed by atoms with Crippen molar-refractivity contribution in [3.8, 4) is 67.7 Å². The molecule has 3 unspecified atom stereocenters. The topological polar surface area (TPSA) is 35.0 Å². The fraction of sp³-hybridized carbons (Fsp3) is 0.0566. The van der Waals surface area contributed by atoms with E-state index in [0.29, 0.717) is 11.7 Å². The average molecular weight is 717 g/mol. The minimum Gasteiger partial charge on any atom is -0.457 e. The Kier molecular flexibility index (Phi) is 7.53. The molecule has 8 aromatic rings. The van der Waals surface area contributed by atoms with Gasteiger partial charge < -0.3 is 4.74 Å². The summed E-state index contributed by atoms with van der Waals surface area (Å²) in [5.41, 5.74) is 14.2. The highest BCUT2D eigenvalue weighted by molar-refractivity contribution is 5.87. The molecule has 0 radical (unpaired) electrons. The summed E-state index contributed by atoms with van der Waals surface area (Å²) >= 11 is 0. The monoisotopic (exact) mass is 716 g/mol. The number of para-hydroxylation sites is 1. The van der Waals surface area contributed by atoms with E-state index in [9.17, 15) is 0 Å². The summed E-state index contributed by atoms with van der Waals surface area (Å²) in [4.78, 5) is 10.1. The fourth-order valence-corrected chi connectivity index (χ4v) is 9.44. The number of aromatic nitrogens is 2. The number of ether oxygens (including phenoxy) is 1. The van der Waals surface area contributed by atoms with Gasteiger partial charge in [0, 0.05) is 39.7 Å². The molecular formula is C53H36N2O. The Morgan fingerprint density at radius 2 is 1.00 bits per heavy atom. The fourth-order valence-electron chi connectivity index (χ4n) is 9.44. The van der Waals surface area contributed by atoms with E-state index in [1.807, 2.05) is 24.3 Å². The lowest BCUT2D eigenvalue weighted by atomic mass is 9.62. The summed E-state index contributed by atoms with van der Waals surface area (Å²) in [6, 6.07) is 64.6. The van der Waals surface area contributed by atoms with E-state index in [1.54, 1.807) is 0 Å². The minimum absolute atomic E-state index is 0.237. The summed E-state index contributed by atoms with van der Waals surface area (Å²) in [5.74, 6) is 3.07. The number of nitrogens with zero attached hydrogens (tertiary/aromatic N) is 2. The van der Waals surface area contributed by atoms with Gasteiger partial charge in [-0.3, -0.25) is 0 Å². The predicted octanol–water partition coefficient (Wildman–Crippen LogP) is 13.1. The normalized spacial score (nSPS) is 18.4. The summed E-state index contributed by atoms with van der Waals surface area (Å²) in [7, 11) is 0. The van der Waals surface area contributed by atoms with Crippen LogP contribution in [-0.4, -0.2) is 9.97 Å². The van der Waals surface area contributed by atoms with E-state index < -0.39 is 0 Å². The molecule has 3 aliphatic rings. The number of hydrogen-bond donors (Lipinski definition) is 0. The van der Waals surface area contributed by atoms with Gasteiger partial charge in [-0.15, -0.1) is 0 Å². The van der Waals surface area contributed by atoms with Crippen molar-refractivity contribution in [3.05, 3.63) is 229 Å². The predicted molar refractivity (Wildman–Crippen MR) is 227 cm³/mol. The summed E-state index contributed by atoms with van der Waals surface area (Å²) in [6.07, 6.45) is 9.21. The standard InChI is InChI=1S/C53H36N2O/c1-3-16-35(17-4-1)48-34-49(55-52(54-48)36-18-5-2-6-19-36)39-21-15-20-37(32-39)40-22-7-8-23-41(40)38-30-31-47-51(33-38)56-50-29-14-13-28-46(50)53(47)44-26-11-9-24-42(44)43-25-10-12-27-45(43)53/h1-34,42,44H. The smallest absolute Gasteiger partial charge is 0.160 e. The van der Waals surface area contributed by atoms with E-state index in [4.69, 9.17) is 14.7 Å². The quantitative estimate of drug-likeness (QED) is 0.178. The first kappa shape index (κ1) is 32.3. The molecule has 0 bridgehead atoms. The van der Waals surface area contributed by atoms with Gasteiger partial charge in [0.05, 0.1) is 16.8 Å². The third kappa shape index (κ3) is 5.05. The maximum atomic E-state index is 6.88. The highest BCUT2D eigenvalue weighted by atomic mass is 16.5. The number of hydrogen-bond acceptors (Lipinski definition) is 3. The maximum absolute atomic E-state index is 6.88. The average Bonchev–Trinajstić information content (AvgIpc) is 3.57. The second-order valence-corrected chi connectivity index (χ2v) is 14.8. The Labute approximate surface area is 327 Å². The lowest BCUT2D eigenvalue weighted by Crippen LogP contribution is -2.37. The summed E-state index contributed by atoms with van der Waals surface area (Å²) in [6.45, 7) is 0. The Balaban J connectivity index is 1.04. The molecule has 56 heavy (non-hydrogen) atoms. The van der Waals surface area contributed by atoms with Crippen LogP contribution in [0.15, 0.2) is 206 Å². The van der Waals surface area contributed by atoms with Crippen molar-refractivity contribution in [2.75, 3.05) is 0 Å². The number of rotatable bonds is 5. The minimum atomic E-state index is -0.367. The van der Waals surface area contributed by atoms with Crippen LogP contribution in [0.5, 0.6) is 11.5 Å². The van der Waals surface area contributed by atoms with Crippen LogP contribution in [0.25, 0.3) is 56.2 Å². The molecule has 1 aliphatic heterocycles. The van der Waals surface area contributed by atoms with Crippen LogP contribution in [-0.2, 0) is 5.41 Å². The van der Waals surface area contributed by atoms with Crippen LogP contribution in [0.1, 0.15) is 28.2 Å². The third-order valence-corrected chi connectivity index (χ3v) is 11.9. The molecule has 0 saturated carbocycles. The Morgan fingerprint density at radius 1 is 0.411 bits per heavy atom. The van der Waals surface area contributed by atoms with Crippen LogP contribution < -0.4 is 4.74 Å². The van der Waals surface area contributed by atoms with Crippen molar-refractivity contribution in [2.24, 2.45) is 5.92 Å². The highest BCUT2D eigenvalue weighted by Gasteiger charge is 2.56. The van der Waals surface area contributed by atoms with Crippen molar-refractivity contribution in [1.82, 2.24) is 9.97 Å². The van der Waals surface area contributed by atoms with Crippen LogP contribution >= 0.6 is 0 Å². The largest absolute Gasteiger partial charge is 0.457 e. The van der Waals surface area contributed by atoms with E-state index in [2.05, 4.69) is 182 Å². The molecule has 0 saturated heterocycles. The molecule has 1 spiro atoms. The molecule has 11 rings (SSSR count). The van der Waals surface area contributed by atoms with Gasteiger partial charge in [-0.05, 0) is 57.6 Å². The van der Waals surface area contributed by atoms with Gasteiger partial charge in [-0.2, -0.15) is 0 Å². The molecule has 2 aliphatic carbocycles. The van der Waals surface area contributed by atoms with Crippen LogP contribution in [0.2, 0.25) is 0 Å². The van der Waals surface area contributed by atoms with E-state index in [-0.39, 0.29) is 11.3 Å². The summed E-state index contributed by atoms with van der Waals surface area (Å²) < 4.78 is 6.88. The second-order valence-electron chi connectivity index (χ2n) is 14.8. The van der Waals surface area contributed by atoms with Gasteiger partial charge in [0.2, 0.25) is 0 Å². The van der Waals surface area contributed by atoms with E-state index in [0.717, 1.165) is 61.8 Å². The van der Waals surface area contributed by atoms with Crippen molar-refractivity contribution in [3.63, 3.8) is 0 Å². The van der Waals surface area contributed by atoms with Gasteiger partial charge in [0.1, 0.15) is 11.5 Å². The zero-order valence-electron chi connectivity index (χ0n) is 30.6. The van der Waals surface area contributed by atoms with Crippen molar-refractivity contribution >= 4 is 0 Å². The number of allylic oxidation sites excluding steroid dienone is 4. The number of fused-ring (bicyclic) bond motifs is 9. The SMILES string of the molecule is C1=CC2c3ccccc3C3(c4ccccc4Oc4cc(-c5ccccc5-c5cccc(-c6cc(-c7ccccc7)nc(-c7ccccc7)n6)c5)ccc43)C2C=C1. The van der Waals surface area contributed by atoms with Gasteiger partial charge in [0.15, 0.2) is 5.82 Å². The molecule has 0 amide bonds. The van der Waals surface area contributed by atoms with Gasteiger partial charge >= 0.3 is 0 Å². The molecule has 264 valence electrons. The van der Waals surface area contributed by atoms with Crippen LogP contribution in [0, 0.1) is 5.92 Å². The molecular weight excluding hydrogens is 681 g/mol. The molecule has 1 aromatic heterocycles. The Bertz CT molecular complexity index is 2800. The second kappa shape index (κ2) is 13.0. The first-order valence-electron chi connectivity index (χ1n) is 19.3. The molecule has 2 heterocycles. The zero-order valence-corrected chi connectivity index (χ0v) is 30.6. The van der Waals surface area contributed by atoms with Crippen LogP contribution in [0.4, 0.5) is 0 Å². The zero-order chi connectivity index (χ0) is 37.1. The van der Waals surface area contributed by atoms with Gasteiger partial charge in [0.25, 0.3) is 0 Å². The Hall–Kier alpha value is -7.10. The Morgan fingerprint density at radius 3 is 1.80 bits per heavy atom. The van der Waals surface area contributed by atoms with Gasteiger partial charge in [-0.25, -0.2) is 9.97 Å². The highest BCUT2D eigenvalue weighted by Crippen LogP contribution is 2.64. The molecule has 3 atom stereocenters. The summed E-state index contributed by atoms with van der Waals surface area (Å²) in [5, 5.41) is 0. The molecule has 3 nitrogen and oxygen atoms in total.